The summed E-state index contributed by atoms with van der Waals surface area (Å²) in [5, 5.41) is 27.7. The number of rotatable bonds is 4. The molecule has 32 heavy (non-hydrogen) atoms. The van der Waals surface area contributed by atoms with Crippen LogP contribution in [-0.2, 0) is 29.7 Å². The molecule has 1 saturated heterocycles. The first-order chi connectivity index (χ1) is 15.5. The van der Waals surface area contributed by atoms with Crippen LogP contribution in [0.2, 0.25) is 0 Å². The largest absolute Gasteiger partial charge is 0.365 e. The molecule has 0 saturated carbocycles. The average molecular weight is 428 g/mol. The minimum absolute atomic E-state index is 0.275. The third-order valence-corrected chi connectivity index (χ3v) is 6.21. The van der Waals surface area contributed by atoms with Crippen LogP contribution in [0.4, 0.5) is 10.6 Å². The zero-order chi connectivity index (χ0) is 22.7. The molecule has 0 bridgehead atoms. The molecule has 4 rings (SSSR count). The maximum absolute atomic E-state index is 12.3. The highest BCUT2D eigenvalue weighted by Crippen LogP contribution is 2.29. The lowest BCUT2D eigenvalue weighted by Gasteiger charge is -2.22. The molecule has 1 unspecified atom stereocenters. The number of carbonyl (C=O) groups is 2. The van der Waals surface area contributed by atoms with Crippen LogP contribution in [0.5, 0.6) is 0 Å². The van der Waals surface area contributed by atoms with Gasteiger partial charge in [0.1, 0.15) is 29.1 Å². The van der Waals surface area contributed by atoms with Gasteiger partial charge in [-0.05, 0) is 49.3 Å². The van der Waals surface area contributed by atoms with E-state index < -0.39 is 17.5 Å². The summed E-state index contributed by atoms with van der Waals surface area (Å²) >= 11 is 0. The third kappa shape index (κ3) is 3.88. The maximum Gasteiger partial charge on any atom is 0.322 e. The van der Waals surface area contributed by atoms with Crippen molar-refractivity contribution in [3.8, 4) is 12.1 Å². The maximum atomic E-state index is 12.3. The molecular weight excluding hydrogens is 404 g/mol. The van der Waals surface area contributed by atoms with Gasteiger partial charge in [-0.2, -0.15) is 10.5 Å². The van der Waals surface area contributed by atoms with Crippen molar-refractivity contribution in [3.63, 3.8) is 0 Å². The zero-order valence-electron chi connectivity index (χ0n) is 17.9. The van der Waals surface area contributed by atoms with E-state index in [9.17, 15) is 20.1 Å². The lowest BCUT2D eigenvalue weighted by Crippen LogP contribution is -2.40. The molecule has 1 atom stereocenters. The number of benzene rings is 1. The fraction of sp³-hybridized carbons (Fsp3) is 0.375. The van der Waals surface area contributed by atoms with Gasteiger partial charge in [-0.15, -0.1) is 0 Å². The molecule has 0 radical (unpaired) electrons. The summed E-state index contributed by atoms with van der Waals surface area (Å²) in [4.78, 5) is 28.6. The van der Waals surface area contributed by atoms with Crippen molar-refractivity contribution in [2.75, 3.05) is 5.32 Å². The second kappa shape index (κ2) is 8.68. The van der Waals surface area contributed by atoms with Gasteiger partial charge in [-0.25, -0.2) is 9.78 Å². The quantitative estimate of drug-likeness (QED) is 0.641. The molecule has 1 fully saturated rings. The number of nitrogens with zero attached hydrogens (tertiary/aromatic N) is 3. The number of aromatic nitrogens is 1. The summed E-state index contributed by atoms with van der Waals surface area (Å²) in [5.41, 5.74) is 2.88. The topological polar surface area (TPSA) is 131 Å². The lowest BCUT2D eigenvalue weighted by atomic mass is 9.91. The van der Waals surface area contributed by atoms with E-state index in [1.807, 2.05) is 18.2 Å². The first-order valence-electron chi connectivity index (χ1n) is 10.8. The van der Waals surface area contributed by atoms with Crippen LogP contribution in [0.15, 0.2) is 24.3 Å². The highest BCUT2D eigenvalue weighted by atomic mass is 16.2. The van der Waals surface area contributed by atoms with Gasteiger partial charge in [0.05, 0.1) is 5.56 Å². The molecule has 8 nitrogen and oxygen atoms in total. The molecule has 2 aromatic rings. The molecule has 2 heterocycles. The number of pyridine rings is 1. The molecule has 8 heteroatoms. The Morgan fingerprint density at radius 1 is 1.09 bits per heavy atom. The number of amides is 3. The van der Waals surface area contributed by atoms with Gasteiger partial charge < -0.3 is 10.6 Å². The van der Waals surface area contributed by atoms with Crippen LogP contribution in [0.1, 0.15) is 66.1 Å². The van der Waals surface area contributed by atoms with E-state index in [1.54, 1.807) is 13.0 Å². The van der Waals surface area contributed by atoms with Gasteiger partial charge in [0.15, 0.2) is 0 Å². The van der Waals surface area contributed by atoms with E-state index in [0.717, 1.165) is 55.3 Å². The number of carbonyl (C=O) groups excluding carboxylic acids is 2. The number of hydrogen-bond donors (Lipinski definition) is 3. The summed E-state index contributed by atoms with van der Waals surface area (Å²) in [7, 11) is 0. The van der Waals surface area contributed by atoms with E-state index in [4.69, 9.17) is 4.98 Å². The summed E-state index contributed by atoms with van der Waals surface area (Å²) in [5.74, 6) is 0.00766. The SMILES string of the molecule is CC1(c2cccc(CNc3nc4c(c(C#N)c3C#N)CCCCCC4)c2)NC(=O)NC1=O. The highest BCUT2D eigenvalue weighted by molar-refractivity contribution is 6.07. The van der Waals surface area contributed by atoms with Crippen LogP contribution in [0.25, 0.3) is 0 Å². The number of anilines is 1. The van der Waals surface area contributed by atoms with Crippen LogP contribution in [0.3, 0.4) is 0 Å². The Morgan fingerprint density at radius 3 is 2.53 bits per heavy atom. The highest BCUT2D eigenvalue weighted by Gasteiger charge is 2.43. The van der Waals surface area contributed by atoms with Gasteiger partial charge in [-0.1, -0.05) is 37.1 Å². The number of aryl methyl sites for hydroxylation is 1. The van der Waals surface area contributed by atoms with Gasteiger partial charge in [-0.3, -0.25) is 10.1 Å². The number of imide groups is 1. The average Bonchev–Trinajstić information content (AvgIpc) is 3.04. The van der Waals surface area contributed by atoms with E-state index in [0.29, 0.717) is 23.5 Å². The molecule has 0 spiro atoms. The van der Waals surface area contributed by atoms with Gasteiger partial charge in [0, 0.05) is 12.2 Å². The molecule has 2 aliphatic rings. The summed E-state index contributed by atoms with van der Waals surface area (Å²) in [6, 6.07) is 11.2. The molecule has 1 aliphatic carbocycles. The molecular formula is C24H24N6O2. The van der Waals surface area contributed by atoms with Crippen molar-refractivity contribution in [2.24, 2.45) is 0 Å². The second-order valence-electron chi connectivity index (χ2n) is 8.36. The standard InChI is InChI=1S/C24H24N6O2/c1-24(22(31)29-23(32)30-24)16-8-6-7-15(11-16)14-27-21-19(13-26)18(12-25)17-9-4-2-3-5-10-20(17)28-21/h6-8,11H,2-5,9-10,14H2,1H3,(H,27,28)(H2,29,30,31,32). The normalized spacial score (nSPS) is 20.1. The second-order valence-corrected chi connectivity index (χ2v) is 8.36. The van der Waals surface area contributed by atoms with Gasteiger partial charge >= 0.3 is 6.03 Å². The minimum Gasteiger partial charge on any atom is -0.365 e. The number of nitrogens with one attached hydrogen (secondary N) is 3. The van der Waals surface area contributed by atoms with Gasteiger partial charge in [0.25, 0.3) is 5.91 Å². The fourth-order valence-corrected chi connectivity index (χ4v) is 4.38. The van der Waals surface area contributed by atoms with E-state index in [1.165, 1.54) is 0 Å². The lowest BCUT2D eigenvalue weighted by molar-refractivity contribution is -0.123. The van der Waals surface area contributed by atoms with Crippen molar-refractivity contribution < 1.29 is 9.59 Å². The minimum atomic E-state index is -1.14. The van der Waals surface area contributed by atoms with Crippen LogP contribution >= 0.6 is 0 Å². The first-order valence-corrected chi connectivity index (χ1v) is 10.8. The zero-order valence-corrected chi connectivity index (χ0v) is 17.9. The Hall–Kier alpha value is -3.91. The Kier molecular flexibility index (Phi) is 5.79. The molecule has 162 valence electrons. The van der Waals surface area contributed by atoms with Crippen LogP contribution in [0, 0.1) is 22.7 Å². The molecule has 3 N–H and O–H groups in total. The van der Waals surface area contributed by atoms with Crippen molar-refractivity contribution in [1.29, 1.82) is 10.5 Å². The number of hydrogen-bond acceptors (Lipinski definition) is 6. The van der Waals surface area contributed by atoms with Crippen LogP contribution < -0.4 is 16.0 Å². The van der Waals surface area contributed by atoms with Crippen molar-refractivity contribution in [2.45, 2.75) is 57.5 Å². The van der Waals surface area contributed by atoms with Crippen molar-refractivity contribution >= 4 is 17.8 Å². The number of nitriles is 2. The fourth-order valence-electron chi connectivity index (χ4n) is 4.38. The Balaban J connectivity index is 1.63. The molecule has 1 aromatic carbocycles. The van der Waals surface area contributed by atoms with E-state index in [2.05, 4.69) is 28.1 Å². The molecule has 3 amide bonds. The van der Waals surface area contributed by atoms with Crippen molar-refractivity contribution in [1.82, 2.24) is 15.6 Å². The Bertz CT molecular complexity index is 1180. The number of fused-ring (bicyclic) bond motifs is 1. The monoisotopic (exact) mass is 428 g/mol. The predicted molar refractivity (Wildman–Crippen MR) is 117 cm³/mol. The summed E-state index contributed by atoms with van der Waals surface area (Å²) in [6.45, 7) is 2.01. The summed E-state index contributed by atoms with van der Waals surface area (Å²) in [6.07, 6.45) is 5.85. The molecule has 1 aliphatic heterocycles. The Labute approximate surface area is 186 Å². The van der Waals surface area contributed by atoms with E-state index in [-0.39, 0.29) is 5.56 Å². The van der Waals surface area contributed by atoms with Gasteiger partial charge in [0.2, 0.25) is 0 Å². The predicted octanol–water partition coefficient (Wildman–Crippen LogP) is 3.15. The van der Waals surface area contributed by atoms with Crippen molar-refractivity contribution in [3.05, 3.63) is 57.8 Å². The molecule has 1 aromatic heterocycles. The van der Waals surface area contributed by atoms with E-state index >= 15 is 0 Å². The Morgan fingerprint density at radius 2 is 1.84 bits per heavy atom. The van der Waals surface area contributed by atoms with Crippen LogP contribution in [-0.4, -0.2) is 16.9 Å². The third-order valence-electron chi connectivity index (χ3n) is 6.21. The summed E-state index contributed by atoms with van der Waals surface area (Å²) < 4.78 is 0. The smallest absolute Gasteiger partial charge is 0.322 e. The first kappa shape index (κ1) is 21.3. The number of urea groups is 1.